The number of halogens is 1. The molecule has 2 heterocycles. The fraction of sp³-hybridized carbons (Fsp3) is 0.583. The molecule has 1 fully saturated rings. The normalized spacial score (nSPS) is 25.8. The summed E-state index contributed by atoms with van der Waals surface area (Å²) in [5.74, 6) is 0. The third-order valence-corrected chi connectivity index (χ3v) is 3.47. The van der Waals surface area contributed by atoms with Crippen LogP contribution in [0.3, 0.4) is 0 Å². The van der Waals surface area contributed by atoms with Crippen LogP contribution in [0.5, 0.6) is 0 Å². The zero-order valence-electron chi connectivity index (χ0n) is 9.69. The van der Waals surface area contributed by atoms with Crippen LogP contribution in [0, 0.1) is 6.92 Å². The molecular weight excluding hydrogens is 268 g/mol. The van der Waals surface area contributed by atoms with Gasteiger partial charge in [0.1, 0.15) is 0 Å². The highest BCUT2D eigenvalue weighted by Gasteiger charge is 2.24. The second kappa shape index (κ2) is 5.15. The molecule has 2 rings (SSSR count). The Kier molecular flexibility index (Phi) is 3.82. The summed E-state index contributed by atoms with van der Waals surface area (Å²) in [5, 5.41) is 0.887. The number of hydrogen-bond donors (Lipinski definition) is 0. The number of anilines is 1. The summed E-state index contributed by atoms with van der Waals surface area (Å²) in [6, 6.07) is 4.19. The van der Waals surface area contributed by atoms with Crippen LogP contribution >= 0.6 is 15.9 Å². The van der Waals surface area contributed by atoms with Gasteiger partial charge in [-0.3, -0.25) is 4.98 Å². The summed E-state index contributed by atoms with van der Waals surface area (Å²) in [5.41, 5.74) is 2.31. The topological polar surface area (TPSA) is 25.4 Å². The van der Waals surface area contributed by atoms with E-state index in [1.165, 1.54) is 5.69 Å². The highest BCUT2D eigenvalue weighted by atomic mass is 79.9. The van der Waals surface area contributed by atoms with Gasteiger partial charge in [0.2, 0.25) is 0 Å². The van der Waals surface area contributed by atoms with Crippen molar-refractivity contribution in [3.05, 3.63) is 24.0 Å². The maximum absolute atomic E-state index is 5.81. The first-order valence-electron chi connectivity index (χ1n) is 5.58. The molecule has 0 radical (unpaired) electrons. The fourth-order valence-electron chi connectivity index (χ4n) is 2.07. The number of alkyl halides is 1. The van der Waals surface area contributed by atoms with Crippen LogP contribution in [0.4, 0.5) is 5.69 Å². The van der Waals surface area contributed by atoms with E-state index in [9.17, 15) is 0 Å². The molecule has 1 aromatic heterocycles. The van der Waals surface area contributed by atoms with Gasteiger partial charge >= 0.3 is 0 Å². The van der Waals surface area contributed by atoms with E-state index in [-0.39, 0.29) is 12.2 Å². The summed E-state index contributed by atoms with van der Waals surface area (Å²) in [4.78, 5) is 6.60. The molecule has 0 bridgehead atoms. The van der Waals surface area contributed by atoms with Crippen LogP contribution in [-0.4, -0.2) is 35.6 Å². The van der Waals surface area contributed by atoms with Gasteiger partial charge in [0.05, 0.1) is 12.2 Å². The van der Waals surface area contributed by atoms with Crippen molar-refractivity contribution in [2.75, 3.05) is 23.3 Å². The van der Waals surface area contributed by atoms with Crippen molar-refractivity contribution in [1.82, 2.24) is 4.98 Å². The molecule has 4 heteroatoms. The number of ether oxygens (including phenoxy) is 1. The Morgan fingerprint density at radius 1 is 1.56 bits per heavy atom. The van der Waals surface area contributed by atoms with Gasteiger partial charge in [0.15, 0.2) is 0 Å². The van der Waals surface area contributed by atoms with E-state index in [4.69, 9.17) is 4.74 Å². The molecule has 2 unspecified atom stereocenters. The summed E-state index contributed by atoms with van der Waals surface area (Å²) >= 11 is 3.49. The van der Waals surface area contributed by atoms with E-state index in [2.05, 4.69) is 44.9 Å². The lowest BCUT2D eigenvalue weighted by atomic mass is 10.2. The van der Waals surface area contributed by atoms with Crippen molar-refractivity contribution in [3.63, 3.8) is 0 Å². The Bertz CT molecular complexity index is 359. The van der Waals surface area contributed by atoms with Crippen molar-refractivity contribution in [2.45, 2.75) is 26.1 Å². The van der Waals surface area contributed by atoms with E-state index in [0.717, 1.165) is 24.1 Å². The van der Waals surface area contributed by atoms with Crippen molar-refractivity contribution < 1.29 is 4.74 Å². The predicted molar refractivity (Wildman–Crippen MR) is 69.3 cm³/mol. The number of hydrogen-bond acceptors (Lipinski definition) is 3. The first kappa shape index (κ1) is 11.9. The fourth-order valence-corrected chi connectivity index (χ4v) is 2.43. The van der Waals surface area contributed by atoms with Crippen LogP contribution in [0.1, 0.15) is 12.6 Å². The molecular formula is C12H17BrN2O. The van der Waals surface area contributed by atoms with Gasteiger partial charge in [-0.1, -0.05) is 15.9 Å². The standard InChI is InChI=1S/C12H17BrN2O/c1-9-5-11(3-4-14-9)15-7-10(2)16-12(6-13)8-15/h3-5,10,12H,6-8H2,1-2H3. The lowest BCUT2D eigenvalue weighted by molar-refractivity contribution is -0.00199. The Balaban J connectivity index is 2.14. The molecule has 16 heavy (non-hydrogen) atoms. The summed E-state index contributed by atoms with van der Waals surface area (Å²) < 4.78 is 5.81. The summed E-state index contributed by atoms with van der Waals surface area (Å²) in [6.45, 7) is 6.04. The molecule has 88 valence electrons. The average Bonchev–Trinajstić information content (AvgIpc) is 2.28. The Hall–Kier alpha value is -0.610. The van der Waals surface area contributed by atoms with E-state index >= 15 is 0 Å². The number of nitrogens with zero attached hydrogens (tertiary/aromatic N) is 2. The predicted octanol–water partition coefficient (Wildman–Crippen LogP) is 2.38. The number of morpholine rings is 1. The molecule has 0 amide bonds. The SMILES string of the molecule is Cc1cc(N2CC(C)OC(CBr)C2)ccn1. The van der Waals surface area contributed by atoms with Crippen molar-refractivity contribution in [1.29, 1.82) is 0 Å². The average molecular weight is 285 g/mol. The van der Waals surface area contributed by atoms with Crippen LogP contribution in [0.2, 0.25) is 0 Å². The van der Waals surface area contributed by atoms with Gasteiger partial charge in [-0.05, 0) is 26.0 Å². The molecule has 0 aromatic carbocycles. The quantitative estimate of drug-likeness (QED) is 0.780. The highest BCUT2D eigenvalue weighted by Crippen LogP contribution is 2.21. The van der Waals surface area contributed by atoms with Gasteiger partial charge in [-0.2, -0.15) is 0 Å². The van der Waals surface area contributed by atoms with Crippen LogP contribution < -0.4 is 4.90 Å². The van der Waals surface area contributed by atoms with E-state index < -0.39 is 0 Å². The minimum absolute atomic E-state index is 0.275. The van der Waals surface area contributed by atoms with Gasteiger partial charge < -0.3 is 9.64 Å². The van der Waals surface area contributed by atoms with Gasteiger partial charge in [-0.25, -0.2) is 0 Å². The molecule has 1 aromatic rings. The maximum atomic E-state index is 5.81. The van der Waals surface area contributed by atoms with E-state index in [1.54, 1.807) is 0 Å². The van der Waals surface area contributed by atoms with Crippen LogP contribution in [0.25, 0.3) is 0 Å². The third kappa shape index (κ3) is 2.74. The zero-order chi connectivity index (χ0) is 11.5. The molecule has 0 N–H and O–H groups in total. The Morgan fingerprint density at radius 3 is 3.06 bits per heavy atom. The summed E-state index contributed by atoms with van der Waals surface area (Å²) in [7, 11) is 0. The van der Waals surface area contributed by atoms with Crippen molar-refractivity contribution >= 4 is 21.6 Å². The lowest BCUT2D eigenvalue weighted by Gasteiger charge is -2.37. The van der Waals surface area contributed by atoms with Crippen LogP contribution in [0.15, 0.2) is 18.3 Å². The third-order valence-electron chi connectivity index (χ3n) is 2.74. The first-order chi connectivity index (χ1) is 7.69. The van der Waals surface area contributed by atoms with Gasteiger partial charge in [0.25, 0.3) is 0 Å². The van der Waals surface area contributed by atoms with Crippen molar-refractivity contribution in [2.24, 2.45) is 0 Å². The molecule has 3 nitrogen and oxygen atoms in total. The number of pyridine rings is 1. The molecule has 1 saturated heterocycles. The number of aromatic nitrogens is 1. The van der Waals surface area contributed by atoms with E-state index in [0.29, 0.717) is 0 Å². The monoisotopic (exact) mass is 284 g/mol. The van der Waals surface area contributed by atoms with E-state index in [1.807, 2.05) is 13.1 Å². The second-order valence-electron chi connectivity index (χ2n) is 4.28. The molecule has 2 atom stereocenters. The van der Waals surface area contributed by atoms with Crippen molar-refractivity contribution in [3.8, 4) is 0 Å². The molecule has 0 spiro atoms. The zero-order valence-corrected chi connectivity index (χ0v) is 11.3. The minimum Gasteiger partial charge on any atom is -0.371 e. The lowest BCUT2D eigenvalue weighted by Crippen LogP contribution is -2.47. The Labute approximate surface area is 105 Å². The summed E-state index contributed by atoms with van der Waals surface area (Å²) in [6.07, 6.45) is 2.43. The molecule has 1 aliphatic rings. The maximum Gasteiger partial charge on any atom is 0.0850 e. The number of rotatable bonds is 2. The van der Waals surface area contributed by atoms with Gasteiger partial charge in [-0.15, -0.1) is 0 Å². The van der Waals surface area contributed by atoms with Gasteiger partial charge in [0, 0.05) is 36.0 Å². The number of aryl methyl sites for hydroxylation is 1. The largest absolute Gasteiger partial charge is 0.371 e. The van der Waals surface area contributed by atoms with Crippen LogP contribution in [-0.2, 0) is 4.74 Å². The highest BCUT2D eigenvalue weighted by molar-refractivity contribution is 9.09. The smallest absolute Gasteiger partial charge is 0.0850 e. The molecule has 0 saturated carbocycles. The molecule has 0 aliphatic carbocycles. The first-order valence-corrected chi connectivity index (χ1v) is 6.70. The minimum atomic E-state index is 0.275. The Morgan fingerprint density at radius 2 is 2.38 bits per heavy atom. The molecule has 1 aliphatic heterocycles. The second-order valence-corrected chi connectivity index (χ2v) is 4.93.